The number of alkyl halides is 2. The number of halogens is 3. The van der Waals surface area contributed by atoms with Crippen LogP contribution in [0.1, 0.15) is 44.9 Å². The molecule has 1 fully saturated rings. The van der Waals surface area contributed by atoms with Crippen molar-refractivity contribution in [2.24, 2.45) is 0 Å². The first kappa shape index (κ1) is 23.7. The number of urea groups is 1. The van der Waals surface area contributed by atoms with E-state index < -0.39 is 23.8 Å². The smallest absolute Gasteiger partial charge is 0.321 e. The van der Waals surface area contributed by atoms with Crippen LogP contribution in [0.4, 0.5) is 23.7 Å². The van der Waals surface area contributed by atoms with Crippen molar-refractivity contribution in [2.45, 2.75) is 25.2 Å². The summed E-state index contributed by atoms with van der Waals surface area (Å²) in [5.41, 5.74) is 0.148. The fourth-order valence-electron chi connectivity index (χ4n) is 4.12. The third kappa shape index (κ3) is 4.35. The van der Waals surface area contributed by atoms with Gasteiger partial charge in [-0.25, -0.2) is 22.9 Å². The SMILES string of the molecule is CNC(=O)c1ccc(C(F)F)cc1NC(=O)N1CC[C@@](c2ccc(C)c(F)c2)(c2ncns2)C1. The predicted octanol–water partition coefficient (Wildman–Crippen LogP) is 4.51. The van der Waals surface area contributed by atoms with Gasteiger partial charge in [-0.15, -0.1) is 0 Å². The van der Waals surface area contributed by atoms with Crippen molar-refractivity contribution in [1.29, 1.82) is 0 Å². The van der Waals surface area contributed by atoms with Gasteiger partial charge >= 0.3 is 6.03 Å². The van der Waals surface area contributed by atoms with Gasteiger partial charge in [0, 0.05) is 25.7 Å². The van der Waals surface area contributed by atoms with Gasteiger partial charge in [-0.3, -0.25) is 4.79 Å². The molecule has 1 atom stereocenters. The first-order chi connectivity index (χ1) is 16.2. The molecule has 3 aromatic rings. The zero-order valence-corrected chi connectivity index (χ0v) is 19.3. The Bertz CT molecular complexity index is 1220. The van der Waals surface area contributed by atoms with E-state index in [1.807, 2.05) is 6.07 Å². The van der Waals surface area contributed by atoms with E-state index in [4.69, 9.17) is 0 Å². The lowest BCUT2D eigenvalue weighted by atomic mass is 9.80. The molecule has 0 bridgehead atoms. The van der Waals surface area contributed by atoms with E-state index in [0.717, 1.165) is 12.1 Å². The molecule has 1 saturated heterocycles. The largest absolute Gasteiger partial charge is 0.355 e. The van der Waals surface area contributed by atoms with Crippen molar-refractivity contribution in [3.63, 3.8) is 0 Å². The molecule has 2 N–H and O–H groups in total. The van der Waals surface area contributed by atoms with Crippen LogP contribution in [0.5, 0.6) is 0 Å². The number of hydrogen-bond acceptors (Lipinski definition) is 5. The molecule has 0 aliphatic carbocycles. The van der Waals surface area contributed by atoms with E-state index in [9.17, 15) is 22.8 Å². The van der Waals surface area contributed by atoms with Crippen LogP contribution in [0.3, 0.4) is 0 Å². The maximum atomic E-state index is 14.4. The summed E-state index contributed by atoms with van der Waals surface area (Å²) in [4.78, 5) is 31.2. The third-order valence-electron chi connectivity index (χ3n) is 6.06. The van der Waals surface area contributed by atoms with Crippen LogP contribution < -0.4 is 10.6 Å². The second-order valence-electron chi connectivity index (χ2n) is 8.08. The van der Waals surface area contributed by atoms with Crippen molar-refractivity contribution in [1.82, 2.24) is 19.6 Å². The summed E-state index contributed by atoms with van der Waals surface area (Å²) in [5, 5.41) is 5.69. The highest BCUT2D eigenvalue weighted by Crippen LogP contribution is 2.42. The van der Waals surface area contributed by atoms with Crippen LogP contribution in [0.15, 0.2) is 42.7 Å². The molecule has 1 aliphatic rings. The quantitative estimate of drug-likeness (QED) is 0.552. The molecule has 0 unspecified atom stereocenters. The number of nitrogens with zero attached hydrogens (tertiary/aromatic N) is 3. The fourth-order valence-corrected chi connectivity index (χ4v) is 4.87. The van der Waals surface area contributed by atoms with E-state index in [2.05, 4.69) is 20.0 Å². The highest BCUT2D eigenvalue weighted by molar-refractivity contribution is 7.05. The molecular weight excluding hydrogens is 467 g/mol. The average Bonchev–Trinajstić information content (AvgIpc) is 3.51. The minimum Gasteiger partial charge on any atom is -0.355 e. The normalized spacial score (nSPS) is 17.8. The van der Waals surface area contributed by atoms with E-state index in [1.165, 1.54) is 41.9 Å². The molecule has 0 radical (unpaired) electrons. The first-order valence-electron chi connectivity index (χ1n) is 10.5. The first-order valence-corrected chi connectivity index (χ1v) is 11.3. The summed E-state index contributed by atoms with van der Waals surface area (Å²) in [6, 6.07) is 7.88. The molecule has 1 aliphatic heterocycles. The molecular formula is C23H22F3N5O2S. The Labute approximate surface area is 198 Å². The van der Waals surface area contributed by atoms with Gasteiger partial charge in [0.15, 0.2) is 0 Å². The summed E-state index contributed by atoms with van der Waals surface area (Å²) >= 11 is 1.18. The molecule has 1 aromatic heterocycles. The Kier molecular flexibility index (Phi) is 6.56. The summed E-state index contributed by atoms with van der Waals surface area (Å²) in [5.74, 6) is -0.876. The second kappa shape index (κ2) is 9.41. The zero-order chi connectivity index (χ0) is 24.5. The Morgan fingerprint density at radius 1 is 1.21 bits per heavy atom. The maximum absolute atomic E-state index is 14.4. The lowest BCUT2D eigenvalue weighted by Crippen LogP contribution is -2.38. The number of rotatable bonds is 5. The molecule has 11 heteroatoms. The summed E-state index contributed by atoms with van der Waals surface area (Å²) in [6.45, 7) is 2.16. The standard InChI is InChI=1S/C23H22F3N5O2S/c1-13-3-5-15(10-17(13)24)23(21-28-12-29-34-21)7-8-31(11-23)22(33)30-18-9-14(19(25)26)4-6-16(18)20(32)27-2/h3-6,9-10,12,19H,7-8,11H2,1-2H3,(H,27,32)(H,30,33)/t23-/m1/s1. The lowest BCUT2D eigenvalue weighted by Gasteiger charge is -2.28. The Hall–Kier alpha value is -3.47. The molecule has 2 aromatic carbocycles. The van der Waals surface area contributed by atoms with Gasteiger partial charge in [0.05, 0.1) is 16.7 Å². The number of anilines is 1. The number of aromatic nitrogens is 2. The minimum absolute atomic E-state index is 0.0167. The van der Waals surface area contributed by atoms with Crippen LogP contribution in [-0.4, -0.2) is 46.3 Å². The van der Waals surface area contributed by atoms with Crippen molar-refractivity contribution in [2.75, 3.05) is 25.5 Å². The van der Waals surface area contributed by atoms with Gasteiger partial charge in [-0.1, -0.05) is 18.2 Å². The molecule has 2 heterocycles. The minimum atomic E-state index is -2.76. The van der Waals surface area contributed by atoms with Crippen molar-refractivity contribution in [3.8, 4) is 0 Å². The Morgan fingerprint density at radius 2 is 2.00 bits per heavy atom. The van der Waals surface area contributed by atoms with E-state index >= 15 is 0 Å². The number of hydrogen-bond donors (Lipinski definition) is 2. The van der Waals surface area contributed by atoms with Crippen LogP contribution in [0, 0.1) is 12.7 Å². The van der Waals surface area contributed by atoms with Gasteiger partial charge in [-0.05, 0) is 54.2 Å². The summed E-state index contributed by atoms with van der Waals surface area (Å²) in [7, 11) is 1.41. The second-order valence-corrected chi connectivity index (χ2v) is 8.86. The highest BCUT2D eigenvalue weighted by atomic mass is 32.1. The van der Waals surface area contributed by atoms with Crippen LogP contribution in [0.2, 0.25) is 0 Å². The van der Waals surface area contributed by atoms with Gasteiger partial charge in [-0.2, -0.15) is 4.37 Å². The fraction of sp³-hybridized carbons (Fsp3) is 0.304. The highest BCUT2D eigenvalue weighted by Gasteiger charge is 2.45. The van der Waals surface area contributed by atoms with Crippen molar-refractivity contribution < 1.29 is 22.8 Å². The van der Waals surface area contributed by atoms with Gasteiger partial charge in [0.25, 0.3) is 12.3 Å². The Balaban J connectivity index is 1.64. The number of likely N-dealkylation sites (tertiary alicyclic amines) is 1. The van der Waals surface area contributed by atoms with Crippen molar-refractivity contribution in [3.05, 3.63) is 75.8 Å². The third-order valence-corrected chi connectivity index (χ3v) is 6.93. The molecule has 34 heavy (non-hydrogen) atoms. The summed E-state index contributed by atoms with van der Waals surface area (Å²) < 4.78 is 45.0. The molecule has 3 amide bonds. The molecule has 0 spiro atoms. The Morgan fingerprint density at radius 3 is 2.65 bits per heavy atom. The zero-order valence-electron chi connectivity index (χ0n) is 18.4. The van der Waals surface area contributed by atoms with Gasteiger partial charge in [0.2, 0.25) is 0 Å². The number of aryl methyl sites for hydroxylation is 1. The number of carbonyl (C=O) groups excluding carboxylic acids is 2. The van der Waals surface area contributed by atoms with Gasteiger partial charge < -0.3 is 15.5 Å². The van der Waals surface area contributed by atoms with E-state index in [1.54, 1.807) is 13.0 Å². The van der Waals surface area contributed by atoms with Gasteiger partial charge in [0.1, 0.15) is 17.2 Å². The number of amides is 3. The summed E-state index contributed by atoms with van der Waals surface area (Å²) in [6.07, 6.45) is -0.875. The lowest BCUT2D eigenvalue weighted by molar-refractivity contribution is 0.0963. The van der Waals surface area contributed by atoms with Crippen LogP contribution >= 0.6 is 11.5 Å². The topological polar surface area (TPSA) is 87.2 Å². The van der Waals surface area contributed by atoms with Crippen LogP contribution in [0.25, 0.3) is 0 Å². The number of benzene rings is 2. The average molecular weight is 490 g/mol. The molecule has 0 saturated carbocycles. The van der Waals surface area contributed by atoms with Crippen molar-refractivity contribution >= 4 is 29.2 Å². The number of carbonyl (C=O) groups is 2. The number of nitrogens with one attached hydrogen (secondary N) is 2. The molecule has 4 rings (SSSR count). The van der Waals surface area contributed by atoms with E-state index in [0.29, 0.717) is 29.1 Å². The maximum Gasteiger partial charge on any atom is 0.321 e. The molecule has 178 valence electrons. The molecule has 7 nitrogen and oxygen atoms in total. The van der Waals surface area contributed by atoms with Crippen LogP contribution in [-0.2, 0) is 5.41 Å². The van der Waals surface area contributed by atoms with E-state index in [-0.39, 0.29) is 29.2 Å². The predicted molar refractivity (Wildman–Crippen MR) is 122 cm³/mol. The monoisotopic (exact) mass is 489 g/mol.